The molecular formula is C14H20N2O. The molecule has 1 aromatic carbocycles. The van der Waals surface area contributed by atoms with Gasteiger partial charge < -0.3 is 15.3 Å². The SMILES string of the molecule is CC1Cc2ccccc2N(C2CNCC2O)C1. The Morgan fingerprint density at radius 2 is 2.12 bits per heavy atom. The summed E-state index contributed by atoms with van der Waals surface area (Å²) >= 11 is 0. The van der Waals surface area contributed by atoms with Crippen molar-refractivity contribution in [2.45, 2.75) is 25.5 Å². The Balaban J connectivity index is 1.94. The van der Waals surface area contributed by atoms with Crippen molar-refractivity contribution in [3.63, 3.8) is 0 Å². The van der Waals surface area contributed by atoms with Crippen molar-refractivity contribution in [1.29, 1.82) is 0 Å². The van der Waals surface area contributed by atoms with E-state index in [1.54, 1.807) is 0 Å². The Bertz CT molecular complexity index is 407. The molecule has 2 N–H and O–H groups in total. The Labute approximate surface area is 102 Å². The molecule has 0 aromatic heterocycles. The number of nitrogens with one attached hydrogen (secondary N) is 1. The van der Waals surface area contributed by atoms with E-state index in [1.165, 1.54) is 11.3 Å². The molecule has 17 heavy (non-hydrogen) atoms. The van der Waals surface area contributed by atoms with Crippen LogP contribution in [-0.2, 0) is 6.42 Å². The van der Waals surface area contributed by atoms with Crippen LogP contribution < -0.4 is 10.2 Å². The summed E-state index contributed by atoms with van der Waals surface area (Å²) in [5, 5.41) is 13.3. The molecule has 0 spiro atoms. The van der Waals surface area contributed by atoms with Gasteiger partial charge in [0, 0.05) is 25.3 Å². The van der Waals surface area contributed by atoms with E-state index >= 15 is 0 Å². The van der Waals surface area contributed by atoms with Gasteiger partial charge in [-0.1, -0.05) is 25.1 Å². The summed E-state index contributed by atoms with van der Waals surface area (Å²) in [6.07, 6.45) is 0.913. The number of β-amino-alcohol motifs (C(OH)–C–C–N with tert-alkyl or cyclic N) is 1. The number of hydrogen-bond donors (Lipinski definition) is 2. The van der Waals surface area contributed by atoms with Crippen LogP contribution in [0.1, 0.15) is 12.5 Å². The maximum Gasteiger partial charge on any atom is 0.0879 e. The molecule has 2 aliphatic heterocycles. The van der Waals surface area contributed by atoms with Gasteiger partial charge in [-0.15, -0.1) is 0 Å². The van der Waals surface area contributed by atoms with Crippen molar-refractivity contribution < 1.29 is 5.11 Å². The molecule has 3 rings (SSSR count). The van der Waals surface area contributed by atoms with Crippen LogP contribution in [-0.4, -0.2) is 36.9 Å². The Kier molecular flexibility index (Phi) is 2.81. The predicted octanol–water partition coefficient (Wildman–Crippen LogP) is 1.02. The summed E-state index contributed by atoms with van der Waals surface area (Å²) in [4.78, 5) is 2.40. The van der Waals surface area contributed by atoms with E-state index in [9.17, 15) is 5.11 Å². The minimum absolute atomic E-state index is 0.235. The fourth-order valence-electron chi connectivity index (χ4n) is 3.12. The lowest BCUT2D eigenvalue weighted by molar-refractivity contribution is 0.172. The Morgan fingerprint density at radius 1 is 1.29 bits per heavy atom. The van der Waals surface area contributed by atoms with Crippen LogP contribution in [0.15, 0.2) is 24.3 Å². The highest BCUT2D eigenvalue weighted by molar-refractivity contribution is 5.57. The molecule has 0 amide bonds. The number of nitrogens with zero attached hydrogens (tertiary/aromatic N) is 1. The summed E-state index contributed by atoms with van der Waals surface area (Å²) in [5.41, 5.74) is 2.74. The quantitative estimate of drug-likeness (QED) is 0.759. The zero-order valence-electron chi connectivity index (χ0n) is 10.3. The van der Waals surface area contributed by atoms with E-state index in [2.05, 4.69) is 41.4 Å². The topological polar surface area (TPSA) is 35.5 Å². The first-order valence-electron chi connectivity index (χ1n) is 6.49. The molecule has 3 atom stereocenters. The number of anilines is 1. The van der Waals surface area contributed by atoms with Crippen LogP contribution in [0.5, 0.6) is 0 Å². The maximum absolute atomic E-state index is 10.0. The fraction of sp³-hybridized carbons (Fsp3) is 0.571. The van der Waals surface area contributed by atoms with Crippen molar-refractivity contribution in [3.05, 3.63) is 29.8 Å². The minimum atomic E-state index is -0.242. The lowest BCUT2D eigenvalue weighted by Crippen LogP contribution is -2.48. The number of para-hydroxylation sites is 1. The first-order chi connectivity index (χ1) is 8.25. The molecule has 1 fully saturated rings. The van der Waals surface area contributed by atoms with Crippen molar-refractivity contribution in [2.75, 3.05) is 24.5 Å². The van der Waals surface area contributed by atoms with Crippen LogP contribution in [0, 0.1) is 5.92 Å². The molecule has 2 heterocycles. The van der Waals surface area contributed by atoms with Crippen molar-refractivity contribution in [3.8, 4) is 0 Å². The Morgan fingerprint density at radius 3 is 2.88 bits per heavy atom. The number of aliphatic hydroxyl groups is 1. The summed E-state index contributed by atoms with van der Waals surface area (Å²) in [6.45, 7) is 4.96. The van der Waals surface area contributed by atoms with E-state index in [0.29, 0.717) is 5.92 Å². The van der Waals surface area contributed by atoms with Crippen LogP contribution in [0.4, 0.5) is 5.69 Å². The predicted molar refractivity (Wildman–Crippen MR) is 69.3 cm³/mol. The molecule has 0 saturated carbocycles. The monoisotopic (exact) mass is 232 g/mol. The number of rotatable bonds is 1. The van der Waals surface area contributed by atoms with Gasteiger partial charge >= 0.3 is 0 Å². The van der Waals surface area contributed by atoms with Gasteiger partial charge in [-0.25, -0.2) is 0 Å². The summed E-state index contributed by atoms with van der Waals surface area (Å²) in [5.74, 6) is 0.665. The zero-order chi connectivity index (χ0) is 11.8. The smallest absolute Gasteiger partial charge is 0.0879 e. The van der Waals surface area contributed by atoms with Gasteiger partial charge in [0.05, 0.1) is 12.1 Å². The maximum atomic E-state index is 10.0. The van der Waals surface area contributed by atoms with Gasteiger partial charge in [0.1, 0.15) is 0 Å². The standard InChI is InChI=1S/C14H20N2O/c1-10-6-11-4-2-3-5-12(11)16(9-10)13-7-15-8-14(13)17/h2-5,10,13-15,17H,6-9H2,1H3. The van der Waals surface area contributed by atoms with Gasteiger partial charge in [0.2, 0.25) is 0 Å². The Hall–Kier alpha value is -1.06. The van der Waals surface area contributed by atoms with E-state index in [-0.39, 0.29) is 12.1 Å². The van der Waals surface area contributed by atoms with Crippen LogP contribution in [0.25, 0.3) is 0 Å². The molecule has 0 aliphatic carbocycles. The van der Waals surface area contributed by atoms with Gasteiger partial charge in [0.15, 0.2) is 0 Å². The molecule has 1 saturated heterocycles. The molecule has 92 valence electrons. The van der Waals surface area contributed by atoms with Crippen molar-refractivity contribution >= 4 is 5.69 Å². The van der Waals surface area contributed by atoms with Gasteiger partial charge in [-0.2, -0.15) is 0 Å². The molecule has 1 aromatic rings. The molecule has 3 unspecified atom stereocenters. The largest absolute Gasteiger partial charge is 0.390 e. The summed E-state index contributed by atoms with van der Waals surface area (Å²) in [7, 11) is 0. The first-order valence-corrected chi connectivity index (χ1v) is 6.49. The lowest BCUT2D eigenvalue weighted by Gasteiger charge is -2.39. The summed E-state index contributed by atoms with van der Waals surface area (Å²) in [6, 6.07) is 8.84. The van der Waals surface area contributed by atoms with E-state index < -0.39 is 0 Å². The molecule has 2 aliphatic rings. The lowest BCUT2D eigenvalue weighted by atomic mass is 9.92. The third-order valence-electron chi connectivity index (χ3n) is 3.93. The van der Waals surface area contributed by atoms with Crippen LogP contribution in [0.3, 0.4) is 0 Å². The summed E-state index contributed by atoms with van der Waals surface area (Å²) < 4.78 is 0. The highest BCUT2D eigenvalue weighted by Gasteiger charge is 2.34. The first kappa shape index (κ1) is 11.1. The normalized spacial score (nSPS) is 32.6. The molecule has 0 bridgehead atoms. The van der Waals surface area contributed by atoms with Gasteiger partial charge in [-0.3, -0.25) is 0 Å². The van der Waals surface area contributed by atoms with Gasteiger partial charge in [-0.05, 0) is 24.0 Å². The number of aliphatic hydroxyl groups excluding tert-OH is 1. The average Bonchev–Trinajstić information content (AvgIpc) is 2.74. The van der Waals surface area contributed by atoms with E-state index in [0.717, 1.165) is 26.1 Å². The highest BCUT2D eigenvalue weighted by atomic mass is 16.3. The second-order valence-electron chi connectivity index (χ2n) is 5.38. The minimum Gasteiger partial charge on any atom is -0.390 e. The third-order valence-corrected chi connectivity index (χ3v) is 3.93. The van der Waals surface area contributed by atoms with E-state index in [4.69, 9.17) is 0 Å². The third kappa shape index (κ3) is 1.94. The molecule has 3 heteroatoms. The van der Waals surface area contributed by atoms with Crippen molar-refractivity contribution in [2.24, 2.45) is 5.92 Å². The number of benzene rings is 1. The number of fused-ring (bicyclic) bond motifs is 1. The van der Waals surface area contributed by atoms with Crippen LogP contribution in [0.2, 0.25) is 0 Å². The second kappa shape index (κ2) is 4.31. The highest BCUT2D eigenvalue weighted by Crippen LogP contribution is 2.32. The average molecular weight is 232 g/mol. The van der Waals surface area contributed by atoms with Crippen LogP contribution >= 0.6 is 0 Å². The zero-order valence-corrected chi connectivity index (χ0v) is 10.3. The molecule has 3 nitrogen and oxygen atoms in total. The number of hydrogen-bond acceptors (Lipinski definition) is 3. The second-order valence-corrected chi connectivity index (χ2v) is 5.38. The fourth-order valence-corrected chi connectivity index (χ4v) is 3.12. The molecular weight excluding hydrogens is 212 g/mol. The van der Waals surface area contributed by atoms with Gasteiger partial charge in [0.25, 0.3) is 0 Å². The van der Waals surface area contributed by atoms with E-state index in [1.807, 2.05) is 0 Å². The molecule has 0 radical (unpaired) electrons. The van der Waals surface area contributed by atoms with Crippen molar-refractivity contribution in [1.82, 2.24) is 5.32 Å².